The standard InChI is InChI=1S/C22H22F3N5O3/c1-13-16(14(2)30-21(26-13)27-20(28-30)22(23,24)25)9-10-19(32)33-12-18(31)29-11-5-7-15-6-3-4-8-17(15)29/h3-4,6,8H,5,7,9-12H2,1-2H3. The Kier molecular flexibility index (Phi) is 6.05. The molecule has 2 aromatic heterocycles. The van der Waals surface area contributed by atoms with Crippen LogP contribution in [0.2, 0.25) is 0 Å². The van der Waals surface area contributed by atoms with Gasteiger partial charge in [-0.25, -0.2) is 9.50 Å². The number of hydrogen-bond acceptors (Lipinski definition) is 6. The highest BCUT2D eigenvalue weighted by atomic mass is 19.4. The van der Waals surface area contributed by atoms with Gasteiger partial charge in [-0.05, 0) is 50.3 Å². The maximum atomic E-state index is 12.9. The van der Waals surface area contributed by atoms with Crippen LogP contribution in [0.15, 0.2) is 24.3 Å². The van der Waals surface area contributed by atoms with Crippen molar-refractivity contribution in [1.82, 2.24) is 19.6 Å². The molecule has 1 amide bonds. The summed E-state index contributed by atoms with van der Waals surface area (Å²) in [6, 6.07) is 7.63. The Morgan fingerprint density at radius 2 is 1.91 bits per heavy atom. The van der Waals surface area contributed by atoms with E-state index < -0.39 is 18.0 Å². The van der Waals surface area contributed by atoms with Gasteiger partial charge in [0.2, 0.25) is 0 Å². The smallest absolute Gasteiger partial charge is 0.453 e. The normalized spacial score (nSPS) is 13.8. The Balaban J connectivity index is 1.39. The van der Waals surface area contributed by atoms with E-state index >= 15 is 0 Å². The van der Waals surface area contributed by atoms with Crippen LogP contribution in [0.3, 0.4) is 0 Å². The minimum Gasteiger partial charge on any atom is -0.456 e. The van der Waals surface area contributed by atoms with Crippen molar-refractivity contribution < 1.29 is 27.5 Å². The first kappa shape index (κ1) is 22.7. The molecule has 0 unspecified atom stereocenters. The van der Waals surface area contributed by atoms with Crippen LogP contribution in [-0.4, -0.2) is 44.6 Å². The predicted octanol–water partition coefficient (Wildman–Crippen LogP) is 3.22. The highest BCUT2D eigenvalue weighted by Crippen LogP contribution is 2.28. The molecule has 1 aliphatic heterocycles. The van der Waals surface area contributed by atoms with E-state index in [2.05, 4.69) is 15.1 Å². The molecular weight excluding hydrogens is 439 g/mol. The number of para-hydroxylation sites is 1. The number of ether oxygens (including phenoxy) is 1. The highest BCUT2D eigenvalue weighted by molar-refractivity contribution is 5.96. The second kappa shape index (κ2) is 8.80. The summed E-state index contributed by atoms with van der Waals surface area (Å²) in [6.45, 7) is 3.41. The lowest BCUT2D eigenvalue weighted by atomic mass is 10.0. The molecule has 0 aliphatic carbocycles. The molecule has 1 aromatic carbocycles. The molecule has 8 nitrogen and oxygen atoms in total. The van der Waals surface area contributed by atoms with Gasteiger partial charge in [-0.2, -0.15) is 18.2 Å². The van der Waals surface area contributed by atoms with Crippen LogP contribution in [0.25, 0.3) is 5.78 Å². The molecule has 0 saturated carbocycles. The first-order valence-corrected chi connectivity index (χ1v) is 10.5. The molecule has 174 valence electrons. The first-order chi connectivity index (χ1) is 15.6. The van der Waals surface area contributed by atoms with Gasteiger partial charge in [0, 0.05) is 30.0 Å². The quantitative estimate of drug-likeness (QED) is 0.542. The lowest BCUT2D eigenvalue weighted by molar-refractivity contribution is -0.147. The molecule has 0 N–H and O–H groups in total. The van der Waals surface area contributed by atoms with Crippen molar-refractivity contribution >= 4 is 23.3 Å². The molecule has 3 aromatic rings. The SMILES string of the molecule is Cc1nc2nc(C(F)(F)F)nn2c(C)c1CCC(=O)OCC(=O)N1CCCc2ccccc21. The number of fused-ring (bicyclic) bond motifs is 2. The molecule has 0 fully saturated rings. The van der Waals surface area contributed by atoms with Gasteiger partial charge >= 0.3 is 12.1 Å². The van der Waals surface area contributed by atoms with Crippen molar-refractivity contribution in [3.8, 4) is 0 Å². The summed E-state index contributed by atoms with van der Waals surface area (Å²) in [7, 11) is 0. The average molecular weight is 461 g/mol. The lowest BCUT2D eigenvalue weighted by Crippen LogP contribution is -2.38. The largest absolute Gasteiger partial charge is 0.456 e. The zero-order valence-electron chi connectivity index (χ0n) is 18.1. The third kappa shape index (κ3) is 4.67. The van der Waals surface area contributed by atoms with E-state index in [0.29, 0.717) is 23.5 Å². The highest BCUT2D eigenvalue weighted by Gasteiger charge is 2.37. The van der Waals surface area contributed by atoms with Gasteiger partial charge < -0.3 is 9.64 Å². The fraction of sp³-hybridized carbons (Fsp3) is 0.409. The third-order valence-electron chi connectivity index (χ3n) is 5.65. The van der Waals surface area contributed by atoms with Crippen molar-refractivity contribution in [3.63, 3.8) is 0 Å². The second-order valence-electron chi connectivity index (χ2n) is 7.84. The molecule has 3 heterocycles. The number of halogens is 3. The summed E-state index contributed by atoms with van der Waals surface area (Å²) < 4.78 is 45.0. The summed E-state index contributed by atoms with van der Waals surface area (Å²) in [5.41, 5.74) is 3.36. The zero-order valence-corrected chi connectivity index (χ0v) is 18.1. The van der Waals surface area contributed by atoms with Gasteiger partial charge in [0.15, 0.2) is 6.61 Å². The summed E-state index contributed by atoms with van der Waals surface area (Å²) in [5, 5.41) is 3.49. The van der Waals surface area contributed by atoms with Gasteiger partial charge in [-0.1, -0.05) is 18.2 Å². The monoisotopic (exact) mass is 461 g/mol. The van der Waals surface area contributed by atoms with E-state index in [4.69, 9.17) is 4.74 Å². The number of carbonyl (C=O) groups is 2. The van der Waals surface area contributed by atoms with E-state index in [-0.39, 0.29) is 31.1 Å². The Hall–Kier alpha value is -3.50. The van der Waals surface area contributed by atoms with Crippen LogP contribution < -0.4 is 4.90 Å². The maximum absolute atomic E-state index is 12.9. The van der Waals surface area contributed by atoms with Crippen LogP contribution in [0, 0.1) is 13.8 Å². The molecule has 0 saturated heterocycles. The third-order valence-corrected chi connectivity index (χ3v) is 5.65. The van der Waals surface area contributed by atoms with Gasteiger partial charge in [0.1, 0.15) is 0 Å². The van der Waals surface area contributed by atoms with Crippen LogP contribution in [0.4, 0.5) is 18.9 Å². The number of amides is 1. The average Bonchev–Trinajstić information content (AvgIpc) is 3.21. The summed E-state index contributed by atoms with van der Waals surface area (Å²) in [4.78, 5) is 34.0. The number of aromatic nitrogens is 4. The van der Waals surface area contributed by atoms with Crippen molar-refractivity contribution in [2.75, 3.05) is 18.1 Å². The fourth-order valence-corrected chi connectivity index (χ4v) is 4.00. The van der Waals surface area contributed by atoms with Crippen molar-refractivity contribution in [2.24, 2.45) is 0 Å². The number of aryl methyl sites for hydroxylation is 3. The van der Waals surface area contributed by atoms with Gasteiger partial charge in [0.05, 0.1) is 0 Å². The Labute approximate surface area is 187 Å². The van der Waals surface area contributed by atoms with Crippen LogP contribution in [-0.2, 0) is 33.3 Å². The molecule has 0 radical (unpaired) electrons. The molecular formula is C22H22F3N5O3. The van der Waals surface area contributed by atoms with E-state index in [1.54, 1.807) is 18.7 Å². The maximum Gasteiger partial charge on any atom is 0.453 e. The Bertz CT molecular complexity index is 1220. The Morgan fingerprint density at radius 1 is 1.15 bits per heavy atom. The topological polar surface area (TPSA) is 89.7 Å². The van der Waals surface area contributed by atoms with E-state index in [1.807, 2.05) is 24.3 Å². The number of anilines is 1. The fourth-order valence-electron chi connectivity index (χ4n) is 4.00. The molecule has 33 heavy (non-hydrogen) atoms. The predicted molar refractivity (Wildman–Crippen MR) is 112 cm³/mol. The minimum absolute atomic E-state index is 0.0560. The summed E-state index contributed by atoms with van der Waals surface area (Å²) >= 11 is 0. The first-order valence-electron chi connectivity index (χ1n) is 10.5. The molecule has 0 bridgehead atoms. The molecule has 0 spiro atoms. The summed E-state index contributed by atoms with van der Waals surface area (Å²) in [6.07, 6.45) is -2.82. The molecule has 11 heteroatoms. The van der Waals surface area contributed by atoms with E-state index in [9.17, 15) is 22.8 Å². The number of carbonyl (C=O) groups excluding carboxylic acids is 2. The molecule has 4 rings (SSSR count). The van der Waals surface area contributed by atoms with Gasteiger partial charge in [-0.3, -0.25) is 9.59 Å². The number of benzene rings is 1. The van der Waals surface area contributed by atoms with Gasteiger partial charge in [0.25, 0.3) is 17.5 Å². The number of rotatable bonds is 5. The number of hydrogen-bond donors (Lipinski definition) is 0. The van der Waals surface area contributed by atoms with E-state index in [1.165, 1.54) is 0 Å². The van der Waals surface area contributed by atoms with Crippen molar-refractivity contribution in [2.45, 2.75) is 45.7 Å². The van der Waals surface area contributed by atoms with E-state index in [0.717, 1.165) is 28.6 Å². The number of esters is 1. The minimum atomic E-state index is -4.68. The lowest BCUT2D eigenvalue weighted by Gasteiger charge is -2.29. The summed E-state index contributed by atoms with van der Waals surface area (Å²) in [5.74, 6) is -2.31. The van der Waals surface area contributed by atoms with Crippen LogP contribution in [0.5, 0.6) is 0 Å². The number of nitrogens with zero attached hydrogens (tertiary/aromatic N) is 5. The van der Waals surface area contributed by atoms with Crippen LogP contribution >= 0.6 is 0 Å². The Morgan fingerprint density at radius 3 is 2.67 bits per heavy atom. The van der Waals surface area contributed by atoms with Crippen molar-refractivity contribution in [1.29, 1.82) is 0 Å². The zero-order chi connectivity index (χ0) is 23.8. The second-order valence-corrected chi connectivity index (χ2v) is 7.84. The van der Waals surface area contributed by atoms with Crippen LogP contribution in [0.1, 0.15) is 41.2 Å². The van der Waals surface area contributed by atoms with Gasteiger partial charge in [-0.15, -0.1) is 5.10 Å². The molecule has 0 atom stereocenters. The molecule has 1 aliphatic rings. The van der Waals surface area contributed by atoms with Crippen molar-refractivity contribution in [3.05, 3.63) is 52.6 Å². The number of alkyl halides is 3.